The second-order valence-electron chi connectivity index (χ2n) is 5.15. The van der Waals surface area contributed by atoms with Crippen LogP contribution in [0.4, 0.5) is 5.82 Å². The van der Waals surface area contributed by atoms with Gasteiger partial charge in [-0.15, -0.1) is 0 Å². The Morgan fingerprint density at radius 3 is 2.72 bits per heavy atom. The van der Waals surface area contributed by atoms with Crippen LogP contribution in [0.5, 0.6) is 0 Å². The maximum absolute atomic E-state index is 6.05. The van der Waals surface area contributed by atoms with Gasteiger partial charge in [0.25, 0.3) is 0 Å². The molecule has 98 valence electrons. The highest BCUT2D eigenvalue weighted by molar-refractivity contribution is 7.99. The summed E-state index contributed by atoms with van der Waals surface area (Å²) < 4.78 is 0. The highest BCUT2D eigenvalue weighted by Gasteiger charge is 2.27. The van der Waals surface area contributed by atoms with Gasteiger partial charge in [-0.3, -0.25) is 0 Å². The van der Waals surface area contributed by atoms with E-state index in [0.717, 1.165) is 24.1 Å². The van der Waals surface area contributed by atoms with Crippen LogP contribution in [0.1, 0.15) is 37.4 Å². The predicted molar refractivity (Wildman–Crippen MR) is 77.6 cm³/mol. The van der Waals surface area contributed by atoms with Crippen molar-refractivity contribution in [3.63, 3.8) is 0 Å². The molecule has 2 fully saturated rings. The van der Waals surface area contributed by atoms with Gasteiger partial charge in [-0.2, -0.15) is 11.8 Å². The zero-order valence-electron chi connectivity index (χ0n) is 10.4. The monoisotopic (exact) mass is 283 g/mol. The first-order valence-corrected chi connectivity index (χ1v) is 8.20. The first-order valence-electron chi connectivity index (χ1n) is 6.67. The molecule has 2 aliphatic rings. The molecule has 3 nitrogen and oxygen atoms in total. The summed E-state index contributed by atoms with van der Waals surface area (Å²) in [5, 5.41) is 4.00. The van der Waals surface area contributed by atoms with Gasteiger partial charge in [0.2, 0.25) is 0 Å². The van der Waals surface area contributed by atoms with Gasteiger partial charge < -0.3 is 5.32 Å². The normalized spacial score (nSPS) is 20.9. The second-order valence-corrected chi connectivity index (χ2v) is 6.76. The van der Waals surface area contributed by atoms with Crippen molar-refractivity contribution in [1.29, 1.82) is 0 Å². The quantitative estimate of drug-likeness (QED) is 0.858. The maximum Gasteiger partial charge on any atom is 0.135 e. The van der Waals surface area contributed by atoms with E-state index in [1.54, 1.807) is 0 Å². The fourth-order valence-electron chi connectivity index (χ4n) is 2.25. The molecule has 18 heavy (non-hydrogen) atoms. The van der Waals surface area contributed by atoms with E-state index in [-0.39, 0.29) is 0 Å². The minimum atomic E-state index is 0.551. The third kappa shape index (κ3) is 3.29. The lowest BCUT2D eigenvalue weighted by molar-refractivity contribution is 0.515. The number of rotatable bonds is 4. The van der Waals surface area contributed by atoms with Crippen LogP contribution in [-0.2, 0) is 0 Å². The van der Waals surface area contributed by atoms with Crippen LogP contribution in [0.25, 0.3) is 0 Å². The third-order valence-corrected chi connectivity index (χ3v) is 4.81. The molecule has 0 amide bonds. The van der Waals surface area contributed by atoms with Crippen molar-refractivity contribution in [2.24, 2.45) is 5.92 Å². The number of aromatic nitrogens is 2. The Kier molecular flexibility index (Phi) is 3.94. The highest BCUT2D eigenvalue weighted by Crippen LogP contribution is 2.38. The zero-order chi connectivity index (χ0) is 12.4. The molecule has 1 aromatic rings. The number of nitrogens with one attached hydrogen (secondary N) is 1. The molecule has 1 aromatic heterocycles. The van der Waals surface area contributed by atoms with Crippen LogP contribution >= 0.6 is 23.4 Å². The Morgan fingerprint density at radius 2 is 2.00 bits per heavy atom. The van der Waals surface area contributed by atoms with Crippen molar-refractivity contribution in [3.8, 4) is 0 Å². The van der Waals surface area contributed by atoms with Crippen molar-refractivity contribution < 1.29 is 0 Å². The second kappa shape index (κ2) is 5.66. The topological polar surface area (TPSA) is 37.8 Å². The Balaban J connectivity index is 1.60. The van der Waals surface area contributed by atoms with Crippen molar-refractivity contribution in [2.45, 2.75) is 31.6 Å². The first-order chi connectivity index (χ1) is 8.81. The lowest BCUT2D eigenvalue weighted by atomic mass is 10.0. The Hall–Kier alpha value is -0.480. The van der Waals surface area contributed by atoms with Crippen LogP contribution in [-0.4, -0.2) is 28.0 Å². The molecule has 0 unspecified atom stereocenters. The molecular formula is C13H18ClN3S. The molecule has 5 heteroatoms. The predicted octanol–water partition coefficient (Wildman–Crippen LogP) is 3.56. The Morgan fingerprint density at radius 1 is 1.22 bits per heavy atom. The Bertz CT molecular complexity index is 417. The van der Waals surface area contributed by atoms with Gasteiger partial charge in [-0.25, -0.2) is 9.97 Å². The standard InChI is InChI=1S/C13H18ClN3S/c14-11-7-12(17-13(16-11)10-1-2-10)15-8-9-3-5-18-6-4-9/h7,9-10H,1-6,8H2,(H,15,16,17). The average molecular weight is 284 g/mol. The minimum absolute atomic E-state index is 0.551. The molecule has 1 N–H and O–H groups in total. The van der Waals surface area contributed by atoms with Crippen molar-refractivity contribution in [1.82, 2.24) is 9.97 Å². The number of thioether (sulfide) groups is 1. The van der Waals surface area contributed by atoms with Gasteiger partial charge in [0.15, 0.2) is 0 Å². The highest BCUT2D eigenvalue weighted by atomic mass is 35.5. The summed E-state index contributed by atoms with van der Waals surface area (Å²) in [6.45, 7) is 1.01. The smallest absolute Gasteiger partial charge is 0.135 e. The van der Waals surface area contributed by atoms with Gasteiger partial charge in [0, 0.05) is 18.5 Å². The summed E-state index contributed by atoms with van der Waals surface area (Å²) in [5.41, 5.74) is 0. The molecule has 0 spiro atoms. The lowest BCUT2D eigenvalue weighted by Gasteiger charge is -2.21. The van der Waals surface area contributed by atoms with E-state index in [1.807, 2.05) is 6.07 Å². The maximum atomic E-state index is 6.05. The lowest BCUT2D eigenvalue weighted by Crippen LogP contribution is -2.19. The van der Waals surface area contributed by atoms with Crippen LogP contribution in [0.3, 0.4) is 0 Å². The molecule has 2 heterocycles. The number of hydrogen-bond acceptors (Lipinski definition) is 4. The fraction of sp³-hybridized carbons (Fsp3) is 0.692. The molecule has 0 bridgehead atoms. The van der Waals surface area contributed by atoms with E-state index in [4.69, 9.17) is 11.6 Å². The van der Waals surface area contributed by atoms with Gasteiger partial charge in [0.1, 0.15) is 16.8 Å². The molecule has 0 radical (unpaired) electrons. The van der Waals surface area contributed by atoms with Crippen molar-refractivity contribution >= 4 is 29.2 Å². The molecule has 0 atom stereocenters. The number of anilines is 1. The minimum Gasteiger partial charge on any atom is -0.370 e. The molecular weight excluding hydrogens is 266 g/mol. The van der Waals surface area contributed by atoms with Crippen LogP contribution < -0.4 is 5.32 Å². The largest absolute Gasteiger partial charge is 0.370 e. The summed E-state index contributed by atoms with van der Waals surface area (Å²) in [4.78, 5) is 8.87. The third-order valence-electron chi connectivity index (χ3n) is 3.57. The molecule has 1 aliphatic heterocycles. The van der Waals surface area contributed by atoms with Crippen LogP contribution in [0.15, 0.2) is 6.07 Å². The van der Waals surface area contributed by atoms with E-state index >= 15 is 0 Å². The molecule has 1 aliphatic carbocycles. The van der Waals surface area contributed by atoms with E-state index in [9.17, 15) is 0 Å². The summed E-state index contributed by atoms with van der Waals surface area (Å²) >= 11 is 8.11. The van der Waals surface area contributed by atoms with E-state index < -0.39 is 0 Å². The van der Waals surface area contributed by atoms with Crippen molar-refractivity contribution in [2.75, 3.05) is 23.4 Å². The van der Waals surface area contributed by atoms with Crippen molar-refractivity contribution in [3.05, 3.63) is 17.0 Å². The summed E-state index contributed by atoms with van der Waals surface area (Å²) in [6.07, 6.45) is 5.04. The summed E-state index contributed by atoms with van der Waals surface area (Å²) in [5.74, 6) is 5.74. The summed E-state index contributed by atoms with van der Waals surface area (Å²) in [7, 11) is 0. The number of nitrogens with zero attached hydrogens (tertiary/aromatic N) is 2. The summed E-state index contributed by atoms with van der Waals surface area (Å²) in [6, 6.07) is 1.84. The van der Waals surface area contributed by atoms with Gasteiger partial charge in [-0.1, -0.05) is 11.6 Å². The van der Waals surface area contributed by atoms with Crippen LogP contribution in [0.2, 0.25) is 5.15 Å². The molecule has 1 saturated carbocycles. The molecule has 3 rings (SSSR count). The van der Waals surface area contributed by atoms with Gasteiger partial charge >= 0.3 is 0 Å². The Labute approximate surface area is 117 Å². The van der Waals surface area contributed by atoms with E-state index in [0.29, 0.717) is 11.1 Å². The molecule has 0 aromatic carbocycles. The zero-order valence-corrected chi connectivity index (χ0v) is 11.9. The first kappa shape index (κ1) is 12.5. The van der Waals surface area contributed by atoms with E-state index in [1.165, 1.54) is 37.2 Å². The average Bonchev–Trinajstić information content (AvgIpc) is 3.21. The molecule has 1 saturated heterocycles. The SMILES string of the molecule is Clc1cc(NCC2CCSCC2)nc(C2CC2)n1. The number of hydrogen-bond donors (Lipinski definition) is 1. The van der Waals surface area contributed by atoms with E-state index in [2.05, 4.69) is 27.0 Å². The van der Waals surface area contributed by atoms with Crippen LogP contribution in [0, 0.1) is 5.92 Å². The van der Waals surface area contributed by atoms with Gasteiger partial charge in [-0.05, 0) is 43.1 Å². The fourth-order valence-corrected chi connectivity index (χ4v) is 3.64. The van der Waals surface area contributed by atoms with Gasteiger partial charge in [0.05, 0.1) is 0 Å². The number of halogens is 1.